The average Bonchev–Trinajstić information content (AvgIpc) is 2.78. The van der Waals surface area contributed by atoms with E-state index in [4.69, 9.17) is 4.74 Å². The van der Waals surface area contributed by atoms with Crippen molar-refractivity contribution in [3.05, 3.63) is 0 Å². The van der Waals surface area contributed by atoms with Gasteiger partial charge in [-0.2, -0.15) is 0 Å². The first-order chi connectivity index (χ1) is 9.94. The molecule has 2 rings (SSSR count). The normalized spacial score (nSPS) is 21.0. The fourth-order valence-electron chi connectivity index (χ4n) is 2.31. The fraction of sp³-hybridized carbons (Fsp3) is 0.667. The lowest BCUT2D eigenvalue weighted by atomic mass is 9.80. The maximum absolute atomic E-state index is 11.8. The molecule has 3 N–H and O–H groups in total. The van der Waals surface area contributed by atoms with Crippen LogP contribution in [0.5, 0.6) is 0 Å². The molecule has 9 nitrogen and oxygen atoms in total. The molecule has 0 aromatic carbocycles. The number of imide groups is 1. The predicted octanol–water partition coefficient (Wildman–Crippen LogP) is -1.46. The van der Waals surface area contributed by atoms with Crippen molar-refractivity contribution >= 4 is 23.8 Å². The van der Waals surface area contributed by atoms with Crippen LogP contribution in [-0.4, -0.2) is 66.7 Å². The summed E-state index contributed by atoms with van der Waals surface area (Å²) in [6.07, 6.45) is 0.623. The van der Waals surface area contributed by atoms with Gasteiger partial charge >= 0.3 is 12.0 Å². The van der Waals surface area contributed by atoms with Gasteiger partial charge in [-0.3, -0.25) is 19.3 Å². The lowest BCUT2D eigenvalue weighted by Crippen LogP contribution is -2.49. The third kappa shape index (κ3) is 3.30. The third-order valence-corrected chi connectivity index (χ3v) is 3.77. The van der Waals surface area contributed by atoms with Gasteiger partial charge in [0.05, 0.1) is 12.0 Å². The van der Waals surface area contributed by atoms with Crippen molar-refractivity contribution in [1.29, 1.82) is 0 Å². The molecule has 9 heteroatoms. The number of carboxylic acid groups (broad SMARTS) is 1. The van der Waals surface area contributed by atoms with Gasteiger partial charge in [-0.15, -0.1) is 0 Å². The first-order valence-electron chi connectivity index (χ1n) is 6.61. The Kier molecular flexibility index (Phi) is 4.41. The van der Waals surface area contributed by atoms with Crippen LogP contribution in [0.2, 0.25) is 0 Å². The third-order valence-electron chi connectivity index (χ3n) is 3.77. The number of nitrogens with one attached hydrogen (secondary N) is 2. The summed E-state index contributed by atoms with van der Waals surface area (Å²) in [7, 11) is 0. The topological polar surface area (TPSA) is 125 Å². The van der Waals surface area contributed by atoms with Crippen molar-refractivity contribution in [1.82, 2.24) is 15.5 Å². The highest BCUT2D eigenvalue weighted by Gasteiger charge is 2.40. The number of carbonyl (C=O) groups excluding carboxylic acids is 3. The van der Waals surface area contributed by atoms with E-state index in [2.05, 4.69) is 10.6 Å². The van der Waals surface area contributed by atoms with E-state index in [1.54, 1.807) is 0 Å². The number of hydrogen-bond donors (Lipinski definition) is 3. The van der Waals surface area contributed by atoms with Crippen molar-refractivity contribution in [2.75, 3.05) is 32.8 Å². The van der Waals surface area contributed by atoms with Gasteiger partial charge in [-0.1, -0.05) is 0 Å². The summed E-state index contributed by atoms with van der Waals surface area (Å²) in [5.74, 6) is -2.03. The van der Waals surface area contributed by atoms with E-state index in [0.29, 0.717) is 26.1 Å². The second-order valence-corrected chi connectivity index (χ2v) is 5.11. The van der Waals surface area contributed by atoms with Crippen LogP contribution in [0.3, 0.4) is 0 Å². The Bertz CT molecular complexity index is 456. The zero-order valence-corrected chi connectivity index (χ0v) is 11.4. The number of carboxylic acids is 1. The van der Waals surface area contributed by atoms with Crippen LogP contribution in [0.4, 0.5) is 4.79 Å². The average molecular weight is 299 g/mol. The van der Waals surface area contributed by atoms with Crippen LogP contribution in [0.1, 0.15) is 12.8 Å². The second-order valence-electron chi connectivity index (χ2n) is 5.11. The quantitative estimate of drug-likeness (QED) is 0.533. The SMILES string of the molecule is O=C(CN1C(=O)CNC1=O)NCC1(C(=O)O)CCOCC1. The number of aliphatic carboxylic acids is 1. The molecule has 0 spiro atoms. The molecule has 2 aliphatic rings. The molecule has 4 amide bonds. The molecule has 2 fully saturated rings. The molecule has 0 unspecified atom stereocenters. The Labute approximate surface area is 120 Å². The minimum Gasteiger partial charge on any atom is -0.481 e. The van der Waals surface area contributed by atoms with E-state index in [-0.39, 0.29) is 13.1 Å². The number of nitrogens with zero attached hydrogens (tertiary/aromatic N) is 1. The summed E-state index contributed by atoms with van der Waals surface area (Å²) in [6.45, 7) is 0.0813. The van der Waals surface area contributed by atoms with Gasteiger partial charge in [0.2, 0.25) is 5.91 Å². The van der Waals surface area contributed by atoms with Gasteiger partial charge < -0.3 is 20.5 Å². The molecule has 21 heavy (non-hydrogen) atoms. The van der Waals surface area contributed by atoms with Crippen LogP contribution in [-0.2, 0) is 19.1 Å². The monoisotopic (exact) mass is 299 g/mol. The lowest BCUT2D eigenvalue weighted by Gasteiger charge is -2.33. The van der Waals surface area contributed by atoms with E-state index in [1.165, 1.54) is 0 Å². The van der Waals surface area contributed by atoms with Crippen LogP contribution in [0.25, 0.3) is 0 Å². The zero-order chi connectivity index (χ0) is 15.5. The lowest BCUT2D eigenvalue weighted by molar-refractivity contribution is -0.154. The fourth-order valence-corrected chi connectivity index (χ4v) is 2.31. The van der Waals surface area contributed by atoms with E-state index in [0.717, 1.165) is 4.90 Å². The number of ether oxygens (including phenoxy) is 1. The molecule has 2 saturated heterocycles. The maximum atomic E-state index is 11.8. The molecule has 116 valence electrons. The largest absolute Gasteiger partial charge is 0.481 e. The summed E-state index contributed by atoms with van der Waals surface area (Å²) >= 11 is 0. The molecule has 0 saturated carbocycles. The summed E-state index contributed by atoms with van der Waals surface area (Å²) in [5, 5.41) is 14.1. The van der Waals surface area contributed by atoms with Crippen LogP contribution < -0.4 is 10.6 Å². The molecule has 0 aromatic rings. The zero-order valence-electron chi connectivity index (χ0n) is 11.4. The highest BCUT2D eigenvalue weighted by Crippen LogP contribution is 2.30. The van der Waals surface area contributed by atoms with Crippen LogP contribution in [0.15, 0.2) is 0 Å². The van der Waals surface area contributed by atoms with Crippen molar-refractivity contribution < 1.29 is 29.0 Å². The van der Waals surface area contributed by atoms with Crippen molar-refractivity contribution in [2.45, 2.75) is 12.8 Å². The molecule has 0 bridgehead atoms. The van der Waals surface area contributed by atoms with Gasteiger partial charge in [0.25, 0.3) is 5.91 Å². The summed E-state index contributed by atoms with van der Waals surface area (Å²) in [4.78, 5) is 46.6. The van der Waals surface area contributed by atoms with Gasteiger partial charge in [0, 0.05) is 19.8 Å². The standard InChI is InChI=1S/C12H17N3O6/c16-8(6-15-9(17)5-13-11(15)20)14-7-12(10(18)19)1-3-21-4-2-12/h1-7H2,(H,13,20)(H,14,16)(H,18,19). The number of urea groups is 1. The molecular weight excluding hydrogens is 282 g/mol. The number of rotatable bonds is 5. The van der Waals surface area contributed by atoms with Crippen molar-refractivity contribution in [3.63, 3.8) is 0 Å². The number of carbonyl (C=O) groups is 4. The minimum atomic E-state index is -1.05. The number of amides is 4. The first kappa shape index (κ1) is 15.2. The van der Waals surface area contributed by atoms with E-state index >= 15 is 0 Å². The molecule has 0 atom stereocenters. The molecule has 0 aromatic heterocycles. The Morgan fingerprint density at radius 2 is 2.00 bits per heavy atom. The van der Waals surface area contributed by atoms with Gasteiger partial charge in [-0.25, -0.2) is 4.79 Å². The minimum absolute atomic E-state index is 0.0474. The van der Waals surface area contributed by atoms with E-state index < -0.39 is 35.8 Å². The summed E-state index contributed by atoms with van der Waals surface area (Å²) in [6, 6.07) is -0.617. The van der Waals surface area contributed by atoms with Gasteiger partial charge in [-0.05, 0) is 12.8 Å². The van der Waals surface area contributed by atoms with Crippen LogP contribution in [0, 0.1) is 5.41 Å². The predicted molar refractivity (Wildman–Crippen MR) is 68.2 cm³/mol. The molecule has 0 radical (unpaired) electrons. The Morgan fingerprint density at radius 1 is 1.33 bits per heavy atom. The van der Waals surface area contributed by atoms with Crippen molar-refractivity contribution in [3.8, 4) is 0 Å². The Morgan fingerprint density at radius 3 is 2.52 bits per heavy atom. The highest BCUT2D eigenvalue weighted by molar-refractivity contribution is 6.04. The number of hydrogen-bond acceptors (Lipinski definition) is 5. The smallest absolute Gasteiger partial charge is 0.325 e. The van der Waals surface area contributed by atoms with E-state index in [1.807, 2.05) is 0 Å². The van der Waals surface area contributed by atoms with E-state index in [9.17, 15) is 24.3 Å². The Balaban J connectivity index is 1.89. The molecule has 2 aliphatic heterocycles. The Hall–Kier alpha value is -2.16. The summed E-state index contributed by atoms with van der Waals surface area (Å²) < 4.78 is 5.14. The second kappa shape index (κ2) is 6.08. The molecular formula is C12H17N3O6. The van der Waals surface area contributed by atoms with Crippen LogP contribution >= 0.6 is 0 Å². The van der Waals surface area contributed by atoms with Gasteiger partial charge in [0.1, 0.15) is 6.54 Å². The first-order valence-corrected chi connectivity index (χ1v) is 6.61. The van der Waals surface area contributed by atoms with Gasteiger partial charge in [0.15, 0.2) is 0 Å². The van der Waals surface area contributed by atoms with Crippen molar-refractivity contribution in [2.24, 2.45) is 5.41 Å². The molecule has 0 aliphatic carbocycles. The highest BCUT2D eigenvalue weighted by atomic mass is 16.5. The maximum Gasteiger partial charge on any atom is 0.325 e. The summed E-state index contributed by atoms with van der Waals surface area (Å²) in [5.41, 5.74) is -1.05. The molecule has 2 heterocycles.